The van der Waals surface area contributed by atoms with E-state index in [9.17, 15) is 10.1 Å². The number of benzene rings is 1. The summed E-state index contributed by atoms with van der Waals surface area (Å²) in [7, 11) is -1.33. The molecule has 122 valence electrons. The van der Waals surface area contributed by atoms with Crippen LogP contribution in [0.5, 0.6) is 0 Å². The Morgan fingerprint density at radius 1 is 1.13 bits per heavy atom. The van der Waals surface area contributed by atoms with E-state index in [1.165, 1.54) is 6.20 Å². The van der Waals surface area contributed by atoms with Gasteiger partial charge < -0.3 is 20.5 Å². The third-order valence-electron chi connectivity index (χ3n) is 4.03. The van der Waals surface area contributed by atoms with Gasteiger partial charge in [-0.1, -0.05) is 30.3 Å². The second-order valence-electron chi connectivity index (χ2n) is 6.44. The maximum atomic E-state index is 10.3. The van der Waals surface area contributed by atoms with E-state index in [-0.39, 0.29) is 11.3 Å². The minimum atomic E-state index is -1.33. The van der Waals surface area contributed by atoms with Crippen molar-refractivity contribution in [3.8, 4) is 11.4 Å². The average Bonchev–Trinajstić information content (AvgIpc) is 2.46. The smallest absolute Gasteiger partial charge is 0.423 e. The Bertz CT molecular complexity index is 672. The van der Waals surface area contributed by atoms with Crippen molar-refractivity contribution in [2.75, 3.05) is 5.73 Å². The molecule has 1 aromatic carbocycles. The lowest BCUT2D eigenvalue weighted by Crippen LogP contribution is -2.53. The van der Waals surface area contributed by atoms with E-state index in [1.807, 2.05) is 30.3 Å². The van der Waals surface area contributed by atoms with Gasteiger partial charge >= 0.3 is 7.12 Å². The van der Waals surface area contributed by atoms with Crippen molar-refractivity contribution in [1.82, 2.24) is 9.97 Å². The molecule has 6 nitrogen and oxygen atoms in total. The van der Waals surface area contributed by atoms with E-state index in [0.717, 1.165) is 5.56 Å². The summed E-state index contributed by atoms with van der Waals surface area (Å²) in [5.41, 5.74) is 4.90. The molecule has 0 aliphatic rings. The van der Waals surface area contributed by atoms with E-state index < -0.39 is 18.3 Å². The Kier molecular flexibility index (Phi) is 4.75. The van der Waals surface area contributed by atoms with Crippen LogP contribution in [0.25, 0.3) is 11.4 Å². The molecule has 23 heavy (non-hydrogen) atoms. The molecule has 0 unspecified atom stereocenters. The monoisotopic (exact) mass is 315 g/mol. The summed E-state index contributed by atoms with van der Waals surface area (Å²) in [6.45, 7) is 6.59. The van der Waals surface area contributed by atoms with Crippen LogP contribution in [0.2, 0.25) is 0 Å². The first-order valence-electron chi connectivity index (χ1n) is 7.38. The minimum Gasteiger partial charge on any atom is -0.423 e. The molecule has 1 aromatic heterocycles. The van der Waals surface area contributed by atoms with Crippen LogP contribution >= 0.6 is 0 Å². The van der Waals surface area contributed by atoms with Gasteiger partial charge in [-0.25, -0.2) is 9.97 Å². The zero-order valence-electron chi connectivity index (χ0n) is 13.8. The Hall–Kier alpha value is -1.96. The molecule has 0 aliphatic heterocycles. The Labute approximate surface area is 136 Å². The molecule has 0 fully saturated rings. The number of rotatable bonds is 5. The number of anilines is 1. The first-order valence-corrected chi connectivity index (χ1v) is 7.38. The summed E-state index contributed by atoms with van der Waals surface area (Å²) in [5.74, 6) is 0.610. The number of nitrogens with zero attached hydrogens (tertiary/aromatic N) is 2. The molecule has 2 aromatic rings. The number of aromatic nitrogens is 2. The highest BCUT2D eigenvalue weighted by Crippen LogP contribution is 2.25. The first kappa shape index (κ1) is 17.4. The van der Waals surface area contributed by atoms with Gasteiger partial charge in [0.2, 0.25) is 0 Å². The number of hydrogen-bond acceptors (Lipinski definition) is 6. The normalized spacial score (nSPS) is 12.3. The molecule has 0 aliphatic carbocycles. The summed E-state index contributed by atoms with van der Waals surface area (Å²) in [6, 6.07) is 9.41. The van der Waals surface area contributed by atoms with Gasteiger partial charge in [0.05, 0.1) is 11.2 Å². The SMILES string of the molecule is CC(C)(O)C(C)(C)OB(O)c1cnc(-c2ccccc2)nc1N. The molecule has 0 spiro atoms. The predicted octanol–water partition coefficient (Wildman–Crippen LogP) is 0.979. The number of nitrogen functional groups attached to an aromatic ring is 1. The zero-order chi connectivity index (χ0) is 17.3. The second-order valence-corrected chi connectivity index (χ2v) is 6.44. The van der Waals surface area contributed by atoms with Gasteiger partial charge in [0, 0.05) is 17.2 Å². The lowest BCUT2D eigenvalue weighted by molar-refractivity contribution is -0.0982. The molecule has 0 saturated carbocycles. The van der Waals surface area contributed by atoms with Crippen molar-refractivity contribution in [1.29, 1.82) is 0 Å². The summed E-state index contributed by atoms with van der Waals surface area (Å²) < 4.78 is 5.56. The van der Waals surface area contributed by atoms with Crippen molar-refractivity contribution < 1.29 is 14.8 Å². The number of aliphatic hydroxyl groups is 1. The zero-order valence-corrected chi connectivity index (χ0v) is 13.8. The van der Waals surface area contributed by atoms with E-state index >= 15 is 0 Å². The van der Waals surface area contributed by atoms with E-state index in [4.69, 9.17) is 10.4 Å². The maximum Gasteiger partial charge on any atom is 0.497 e. The summed E-state index contributed by atoms with van der Waals surface area (Å²) >= 11 is 0. The molecule has 2 rings (SSSR count). The molecule has 0 atom stereocenters. The van der Waals surface area contributed by atoms with Crippen LogP contribution in [0.1, 0.15) is 27.7 Å². The molecule has 0 radical (unpaired) electrons. The van der Waals surface area contributed by atoms with E-state index in [1.54, 1.807) is 27.7 Å². The lowest BCUT2D eigenvalue weighted by atomic mass is 9.77. The Morgan fingerprint density at radius 3 is 2.26 bits per heavy atom. The molecular formula is C16H22BN3O3. The highest BCUT2D eigenvalue weighted by atomic mass is 16.5. The van der Waals surface area contributed by atoms with Crippen molar-refractivity contribution in [3.63, 3.8) is 0 Å². The van der Waals surface area contributed by atoms with Crippen LogP contribution in [0.4, 0.5) is 5.82 Å². The van der Waals surface area contributed by atoms with Gasteiger partial charge in [-0.3, -0.25) is 0 Å². The molecule has 7 heteroatoms. The fourth-order valence-corrected chi connectivity index (χ4v) is 1.81. The van der Waals surface area contributed by atoms with Crippen molar-refractivity contribution in [3.05, 3.63) is 36.5 Å². The summed E-state index contributed by atoms with van der Waals surface area (Å²) in [4.78, 5) is 8.45. The average molecular weight is 315 g/mol. The predicted molar refractivity (Wildman–Crippen MR) is 90.9 cm³/mol. The molecular weight excluding hydrogens is 293 g/mol. The quantitative estimate of drug-likeness (QED) is 0.711. The van der Waals surface area contributed by atoms with Gasteiger partial charge in [0.25, 0.3) is 0 Å². The fourth-order valence-electron chi connectivity index (χ4n) is 1.81. The topological polar surface area (TPSA) is 101 Å². The van der Waals surface area contributed by atoms with Crippen molar-refractivity contribution in [2.24, 2.45) is 0 Å². The Morgan fingerprint density at radius 2 is 1.74 bits per heavy atom. The Balaban J connectivity index is 2.24. The molecule has 0 amide bonds. The lowest BCUT2D eigenvalue weighted by Gasteiger charge is -2.38. The van der Waals surface area contributed by atoms with Crippen LogP contribution < -0.4 is 11.2 Å². The minimum absolute atomic E-state index is 0.137. The third-order valence-corrected chi connectivity index (χ3v) is 4.03. The van der Waals surface area contributed by atoms with Crippen molar-refractivity contribution in [2.45, 2.75) is 38.9 Å². The van der Waals surface area contributed by atoms with Crippen LogP contribution in [0.15, 0.2) is 36.5 Å². The fraction of sp³-hybridized carbons (Fsp3) is 0.375. The van der Waals surface area contributed by atoms with Gasteiger partial charge in [0.15, 0.2) is 5.82 Å². The number of nitrogens with two attached hydrogens (primary N) is 1. The van der Waals surface area contributed by atoms with Gasteiger partial charge in [0.1, 0.15) is 5.82 Å². The summed E-state index contributed by atoms with van der Waals surface area (Å²) in [5, 5.41) is 20.4. The second kappa shape index (κ2) is 6.27. The van der Waals surface area contributed by atoms with Gasteiger partial charge in [-0.15, -0.1) is 0 Å². The third kappa shape index (κ3) is 3.87. The van der Waals surface area contributed by atoms with E-state index in [0.29, 0.717) is 5.82 Å². The highest BCUT2D eigenvalue weighted by molar-refractivity contribution is 6.61. The first-order chi connectivity index (χ1) is 10.6. The standard InChI is InChI=1S/C16H22BN3O3/c1-15(2,21)16(3,4)23-17(22)12-10-19-14(20-13(12)18)11-8-6-5-7-9-11/h5-10,21-22H,1-4H3,(H2,18,19,20). The van der Waals surface area contributed by atoms with Crippen LogP contribution in [-0.2, 0) is 4.65 Å². The number of hydrogen-bond donors (Lipinski definition) is 3. The van der Waals surface area contributed by atoms with Crippen LogP contribution in [0.3, 0.4) is 0 Å². The largest absolute Gasteiger partial charge is 0.497 e. The molecule has 0 saturated heterocycles. The molecule has 1 heterocycles. The molecule has 4 N–H and O–H groups in total. The van der Waals surface area contributed by atoms with Crippen molar-refractivity contribution >= 4 is 18.4 Å². The van der Waals surface area contributed by atoms with Crippen LogP contribution in [0, 0.1) is 0 Å². The maximum absolute atomic E-state index is 10.3. The van der Waals surface area contributed by atoms with Gasteiger partial charge in [-0.2, -0.15) is 0 Å². The highest BCUT2D eigenvalue weighted by Gasteiger charge is 2.40. The van der Waals surface area contributed by atoms with E-state index in [2.05, 4.69) is 9.97 Å². The molecule has 0 bridgehead atoms. The van der Waals surface area contributed by atoms with Crippen LogP contribution in [-0.4, -0.2) is 38.4 Å². The van der Waals surface area contributed by atoms with Gasteiger partial charge in [-0.05, 0) is 27.7 Å². The summed E-state index contributed by atoms with van der Waals surface area (Å²) in [6.07, 6.45) is 1.44.